The lowest BCUT2D eigenvalue weighted by atomic mass is 10.1. The Morgan fingerprint density at radius 2 is 2.33 bits per heavy atom. The van der Waals surface area contributed by atoms with E-state index in [0.29, 0.717) is 0 Å². The molecular formula is C10H7ClFNO2. The molecule has 0 saturated heterocycles. The Morgan fingerprint density at radius 3 is 2.87 bits per heavy atom. The number of carbonyl (C=O) groups excluding carboxylic acids is 1. The van der Waals surface area contributed by atoms with Crippen LogP contribution in [0.25, 0.3) is 0 Å². The van der Waals surface area contributed by atoms with Gasteiger partial charge < -0.3 is 4.74 Å². The van der Waals surface area contributed by atoms with Crippen LogP contribution in [0.15, 0.2) is 12.1 Å². The third kappa shape index (κ3) is 2.45. The molecular weight excluding hydrogens is 221 g/mol. The highest BCUT2D eigenvalue weighted by molar-refractivity contribution is 6.30. The first-order valence-corrected chi connectivity index (χ1v) is 4.41. The fourth-order valence-electron chi connectivity index (χ4n) is 1.09. The molecule has 1 aromatic carbocycles. The molecule has 0 amide bonds. The Labute approximate surface area is 91.0 Å². The van der Waals surface area contributed by atoms with E-state index in [9.17, 15) is 9.18 Å². The van der Waals surface area contributed by atoms with Crippen LogP contribution in [-0.2, 0) is 16.0 Å². The predicted octanol–water partition coefficient (Wildman–Crippen LogP) is 2.07. The van der Waals surface area contributed by atoms with E-state index < -0.39 is 11.8 Å². The maximum absolute atomic E-state index is 13.3. The molecule has 1 aromatic rings. The summed E-state index contributed by atoms with van der Waals surface area (Å²) in [6, 6.07) is 4.40. The first-order valence-electron chi connectivity index (χ1n) is 4.04. The Balaban J connectivity index is 3.15. The maximum atomic E-state index is 13.3. The second-order valence-corrected chi connectivity index (χ2v) is 3.17. The van der Waals surface area contributed by atoms with Crippen LogP contribution in [0.3, 0.4) is 0 Å². The third-order valence-electron chi connectivity index (χ3n) is 1.86. The molecule has 78 valence electrons. The van der Waals surface area contributed by atoms with Crippen molar-refractivity contribution in [1.29, 1.82) is 5.26 Å². The van der Waals surface area contributed by atoms with Crippen molar-refractivity contribution in [1.82, 2.24) is 0 Å². The molecule has 0 aliphatic heterocycles. The maximum Gasteiger partial charge on any atom is 0.310 e. The van der Waals surface area contributed by atoms with Crippen LogP contribution in [-0.4, -0.2) is 13.1 Å². The number of hydrogen-bond donors (Lipinski definition) is 0. The van der Waals surface area contributed by atoms with Crippen molar-refractivity contribution >= 4 is 17.6 Å². The summed E-state index contributed by atoms with van der Waals surface area (Å²) >= 11 is 5.49. The zero-order valence-electron chi connectivity index (χ0n) is 7.88. The molecule has 0 spiro atoms. The number of hydrogen-bond acceptors (Lipinski definition) is 3. The topological polar surface area (TPSA) is 50.1 Å². The van der Waals surface area contributed by atoms with Crippen LogP contribution in [0.4, 0.5) is 4.39 Å². The van der Waals surface area contributed by atoms with Gasteiger partial charge in [0.1, 0.15) is 6.07 Å². The quantitative estimate of drug-likeness (QED) is 0.727. The molecule has 1 rings (SSSR count). The molecule has 3 nitrogen and oxygen atoms in total. The molecule has 0 bridgehead atoms. The van der Waals surface area contributed by atoms with E-state index in [0.717, 1.165) is 0 Å². The van der Waals surface area contributed by atoms with Crippen LogP contribution in [0, 0.1) is 17.1 Å². The molecule has 0 atom stereocenters. The number of benzene rings is 1. The minimum absolute atomic E-state index is 0.139. The van der Waals surface area contributed by atoms with Crippen LogP contribution >= 0.6 is 11.6 Å². The van der Waals surface area contributed by atoms with Crippen LogP contribution in [0.1, 0.15) is 11.1 Å². The van der Waals surface area contributed by atoms with E-state index in [-0.39, 0.29) is 22.6 Å². The third-order valence-corrected chi connectivity index (χ3v) is 2.15. The first-order chi connectivity index (χ1) is 7.10. The van der Waals surface area contributed by atoms with E-state index in [2.05, 4.69) is 4.74 Å². The fourth-order valence-corrected chi connectivity index (χ4v) is 1.24. The zero-order chi connectivity index (χ0) is 11.4. The van der Waals surface area contributed by atoms with Gasteiger partial charge in [0.15, 0.2) is 5.82 Å². The number of ether oxygens (including phenoxy) is 1. The van der Waals surface area contributed by atoms with Gasteiger partial charge in [0, 0.05) is 0 Å². The molecule has 0 fully saturated rings. The lowest BCUT2D eigenvalue weighted by Gasteiger charge is -2.04. The van der Waals surface area contributed by atoms with Gasteiger partial charge in [0.2, 0.25) is 0 Å². The van der Waals surface area contributed by atoms with E-state index in [1.54, 1.807) is 6.07 Å². The number of methoxy groups -OCH3 is 1. The van der Waals surface area contributed by atoms with E-state index in [1.165, 1.54) is 19.2 Å². The highest BCUT2D eigenvalue weighted by atomic mass is 35.5. The minimum Gasteiger partial charge on any atom is -0.469 e. The fraction of sp³-hybridized carbons (Fsp3) is 0.200. The van der Waals surface area contributed by atoms with Gasteiger partial charge in [-0.15, -0.1) is 0 Å². The van der Waals surface area contributed by atoms with E-state index in [4.69, 9.17) is 16.9 Å². The van der Waals surface area contributed by atoms with Crippen molar-refractivity contribution in [3.8, 4) is 6.07 Å². The highest BCUT2D eigenvalue weighted by Gasteiger charge is 2.14. The van der Waals surface area contributed by atoms with Crippen molar-refractivity contribution in [2.45, 2.75) is 6.42 Å². The molecule has 0 aromatic heterocycles. The molecule has 0 radical (unpaired) electrons. The van der Waals surface area contributed by atoms with Gasteiger partial charge in [0.05, 0.1) is 24.1 Å². The molecule has 0 heterocycles. The van der Waals surface area contributed by atoms with Gasteiger partial charge >= 0.3 is 5.97 Å². The van der Waals surface area contributed by atoms with Crippen molar-refractivity contribution in [2.75, 3.05) is 7.11 Å². The minimum atomic E-state index is -0.805. The Bertz CT molecular complexity index is 440. The Kier molecular flexibility index (Phi) is 3.64. The van der Waals surface area contributed by atoms with Gasteiger partial charge in [0.25, 0.3) is 0 Å². The summed E-state index contributed by atoms with van der Waals surface area (Å²) in [5.41, 5.74) is 0.0548. The summed E-state index contributed by atoms with van der Waals surface area (Å²) in [5.74, 6) is -1.34. The SMILES string of the molecule is COC(=O)Cc1ccc(Cl)c(F)c1C#N. The number of esters is 1. The van der Waals surface area contributed by atoms with Gasteiger partial charge in [-0.2, -0.15) is 5.26 Å². The summed E-state index contributed by atoms with van der Waals surface area (Å²) in [5, 5.41) is 8.57. The number of nitriles is 1. The number of carbonyl (C=O) groups is 1. The first kappa shape index (κ1) is 11.5. The molecule has 0 aliphatic carbocycles. The summed E-state index contributed by atoms with van der Waals surface area (Å²) in [7, 11) is 1.22. The monoisotopic (exact) mass is 227 g/mol. The van der Waals surface area contributed by atoms with Gasteiger partial charge in [-0.1, -0.05) is 17.7 Å². The van der Waals surface area contributed by atoms with E-state index >= 15 is 0 Å². The zero-order valence-corrected chi connectivity index (χ0v) is 8.64. The van der Waals surface area contributed by atoms with Crippen molar-refractivity contribution < 1.29 is 13.9 Å². The summed E-state index contributed by atoms with van der Waals surface area (Å²) in [4.78, 5) is 11.0. The van der Waals surface area contributed by atoms with Crippen LogP contribution in [0.5, 0.6) is 0 Å². The second kappa shape index (κ2) is 4.76. The second-order valence-electron chi connectivity index (χ2n) is 2.76. The number of rotatable bonds is 2. The highest BCUT2D eigenvalue weighted by Crippen LogP contribution is 2.21. The predicted molar refractivity (Wildman–Crippen MR) is 51.8 cm³/mol. The Hall–Kier alpha value is -1.60. The summed E-state index contributed by atoms with van der Waals surface area (Å²) in [6.07, 6.45) is -0.145. The van der Waals surface area contributed by atoms with Gasteiger partial charge in [-0.3, -0.25) is 4.79 Å². The average molecular weight is 228 g/mol. The molecule has 0 aliphatic rings. The molecule has 0 saturated carbocycles. The standard InChI is InChI=1S/C10H7ClFNO2/c1-15-9(14)4-6-2-3-8(11)10(12)7(6)5-13/h2-3H,4H2,1H3. The lowest BCUT2D eigenvalue weighted by molar-refractivity contribution is -0.139. The molecule has 0 N–H and O–H groups in total. The Morgan fingerprint density at radius 1 is 1.67 bits per heavy atom. The smallest absolute Gasteiger partial charge is 0.310 e. The summed E-state index contributed by atoms with van der Waals surface area (Å²) < 4.78 is 17.7. The normalized spacial score (nSPS) is 9.47. The van der Waals surface area contributed by atoms with Gasteiger partial charge in [-0.05, 0) is 11.6 Å². The van der Waals surface area contributed by atoms with Crippen molar-refractivity contribution in [3.63, 3.8) is 0 Å². The van der Waals surface area contributed by atoms with Crippen molar-refractivity contribution in [3.05, 3.63) is 34.1 Å². The lowest BCUT2D eigenvalue weighted by Crippen LogP contribution is -2.07. The molecule has 15 heavy (non-hydrogen) atoms. The van der Waals surface area contributed by atoms with Crippen molar-refractivity contribution in [2.24, 2.45) is 0 Å². The van der Waals surface area contributed by atoms with Crippen LogP contribution in [0.2, 0.25) is 5.02 Å². The number of nitrogens with zero attached hydrogens (tertiary/aromatic N) is 1. The molecule has 5 heteroatoms. The number of halogens is 2. The average Bonchev–Trinajstić information content (AvgIpc) is 2.24. The summed E-state index contributed by atoms with van der Waals surface area (Å²) in [6.45, 7) is 0. The van der Waals surface area contributed by atoms with Crippen LogP contribution < -0.4 is 0 Å². The van der Waals surface area contributed by atoms with Gasteiger partial charge in [-0.25, -0.2) is 4.39 Å². The molecule has 0 unspecified atom stereocenters. The van der Waals surface area contributed by atoms with E-state index in [1.807, 2.05) is 0 Å². The largest absolute Gasteiger partial charge is 0.469 e.